The van der Waals surface area contributed by atoms with Crippen molar-refractivity contribution in [3.05, 3.63) is 36.5 Å². The minimum absolute atomic E-state index is 0.147. The van der Waals surface area contributed by atoms with E-state index < -0.39 is 71.2 Å². The van der Waals surface area contributed by atoms with Crippen molar-refractivity contribution in [3.8, 4) is 0 Å². The van der Waals surface area contributed by atoms with E-state index in [2.05, 4.69) is 50.3 Å². The Hall–Kier alpha value is -2.13. The van der Waals surface area contributed by atoms with Crippen LogP contribution < -0.4 is 0 Å². The fraction of sp³-hybridized carbons (Fsp3) is 0.826. The number of rotatable bonds is 38. The van der Waals surface area contributed by atoms with E-state index in [-0.39, 0.29) is 19.4 Å². The molecule has 13 heteroatoms. The summed E-state index contributed by atoms with van der Waals surface area (Å²) in [4.78, 5) is 25.4. The van der Waals surface area contributed by atoms with Crippen LogP contribution in [0.3, 0.4) is 0 Å². The maximum absolute atomic E-state index is 12.8. The van der Waals surface area contributed by atoms with Crippen LogP contribution in [0.4, 0.5) is 0 Å². The fourth-order valence-electron chi connectivity index (χ4n) is 6.82. The number of carbonyl (C=O) groups excluding carboxylic acids is 2. The topological polar surface area (TPSA) is 186 Å². The summed E-state index contributed by atoms with van der Waals surface area (Å²) < 4.78 is 54.0. The average molecular weight is 859 g/mol. The van der Waals surface area contributed by atoms with E-state index in [0.717, 1.165) is 83.5 Å². The van der Waals surface area contributed by atoms with E-state index in [1.54, 1.807) is 0 Å². The molecule has 0 radical (unpaired) electrons. The minimum Gasteiger partial charge on any atom is -0.462 e. The van der Waals surface area contributed by atoms with E-state index in [1.165, 1.54) is 64.2 Å². The third kappa shape index (κ3) is 31.4. The summed E-state index contributed by atoms with van der Waals surface area (Å²) in [5.41, 5.74) is 0. The first-order valence-electron chi connectivity index (χ1n) is 23.0. The lowest BCUT2D eigenvalue weighted by Gasteiger charge is -2.40. The Balaban J connectivity index is 2.46. The summed E-state index contributed by atoms with van der Waals surface area (Å²) in [5, 5.41) is 30.9. The number of allylic oxidation sites excluding steroid dienone is 6. The molecule has 59 heavy (non-hydrogen) atoms. The van der Waals surface area contributed by atoms with Crippen LogP contribution in [0.15, 0.2) is 36.5 Å². The summed E-state index contributed by atoms with van der Waals surface area (Å²) in [6.07, 6.45) is 31.8. The van der Waals surface area contributed by atoms with Gasteiger partial charge in [-0.2, -0.15) is 8.42 Å². The molecule has 0 bridgehead atoms. The molecule has 1 rings (SSSR count). The number of ether oxygens (including phenoxy) is 4. The second-order valence-electron chi connectivity index (χ2n) is 16.1. The maximum atomic E-state index is 12.8. The molecule has 0 aromatic carbocycles. The van der Waals surface area contributed by atoms with Crippen LogP contribution in [-0.2, 0) is 38.7 Å². The van der Waals surface area contributed by atoms with E-state index >= 15 is 0 Å². The molecular formula is C46H82O12S. The molecule has 0 saturated carbocycles. The third-order valence-corrected chi connectivity index (χ3v) is 11.2. The summed E-state index contributed by atoms with van der Waals surface area (Å²) >= 11 is 0. The van der Waals surface area contributed by atoms with Crippen molar-refractivity contribution >= 4 is 22.1 Å². The molecule has 344 valence electrons. The van der Waals surface area contributed by atoms with Gasteiger partial charge in [0.1, 0.15) is 36.8 Å². The highest BCUT2D eigenvalue weighted by Gasteiger charge is 2.46. The van der Waals surface area contributed by atoms with Gasteiger partial charge in [-0.1, -0.05) is 140 Å². The molecule has 6 unspecified atom stereocenters. The Morgan fingerprint density at radius 3 is 1.54 bits per heavy atom. The number of hydrogen-bond acceptors (Lipinski definition) is 11. The summed E-state index contributed by atoms with van der Waals surface area (Å²) in [7, 11) is -4.60. The zero-order chi connectivity index (χ0) is 43.4. The normalized spacial score (nSPS) is 20.5. The summed E-state index contributed by atoms with van der Waals surface area (Å²) in [6, 6.07) is 0. The predicted octanol–water partition coefficient (Wildman–Crippen LogP) is 9.39. The van der Waals surface area contributed by atoms with Crippen LogP contribution in [0.25, 0.3) is 0 Å². The highest BCUT2D eigenvalue weighted by Crippen LogP contribution is 2.24. The van der Waals surface area contributed by atoms with Crippen molar-refractivity contribution in [3.63, 3.8) is 0 Å². The number of aliphatic hydroxyl groups excluding tert-OH is 3. The van der Waals surface area contributed by atoms with Gasteiger partial charge < -0.3 is 34.3 Å². The van der Waals surface area contributed by atoms with Gasteiger partial charge in [0.05, 0.1) is 6.61 Å². The average Bonchev–Trinajstić information content (AvgIpc) is 3.20. The standard InChI is InChI=1S/C46H82O12S/c1-3-5-7-9-11-13-15-17-19-21-22-24-26-28-30-32-34-41(47)55-36-39(37-56-46-45(51)44(50)43(49)40(58-46)38-59(52,53)54)57-42(48)35-33-31-29-27-25-23-20-18-16-14-12-10-8-6-4-2/h12,14,18-21,39-40,43-46,49-51H,3-11,13,15-17,22-38H2,1-2H3,(H,52,53,54)/b14-12-,20-18-,21-19-. The zero-order valence-corrected chi connectivity index (χ0v) is 37.4. The van der Waals surface area contributed by atoms with Crippen LogP contribution in [0.5, 0.6) is 0 Å². The SMILES string of the molecule is CCCCC/C=C\C/C=C\CCCCCCCC(=O)OC(COC(=O)CCCCCCC/C=C\CCCCCCCCC)COC1OC(CS(=O)(=O)O)C(O)C(O)C1O. The maximum Gasteiger partial charge on any atom is 0.306 e. The van der Waals surface area contributed by atoms with Crippen molar-refractivity contribution in [2.24, 2.45) is 0 Å². The highest BCUT2D eigenvalue weighted by atomic mass is 32.2. The van der Waals surface area contributed by atoms with Crippen LogP contribution in [0.1, 0.15) is 187 Å². The van der Waals surface area contributed by atoms with Gasteiger partial charge in [0.15, 0.2) is 12.4 Å². The lowest BCUT2D eigenvalue weighted by atomic mass is 10.00. The van der Waals surface area contributed by atoms with Gasteiger partial charge in [0, 0.05) is 12.8 Å². The molecular weight excluding hydrogens is 777 g/mol. The molecule has 0 spiro atoms. The van der Waals surface area contributed by atoms with Crippen LogP contribution in [-0.4, -0.2) is 96.0 Å². The number of unbranched alkanes of at least 4 members (excludes halogenated alkanes) is 20. The molecule has 1 saturated heterocycles. The van der Waals surface area contributed by atoms with Crippen LogP contribution >= 0.6 is 0 Å². The van der Waals surface area contributed by atoms with Gasteiger partial charge >= 0.3 is 11.9 Å². The number of carbonyl (C=O) groups is 2. The van der Waals surface area contributed by atoms with Gasteiger partial charge in [-0.25, -0.2) is 0 Å². The number of hydrogen-bond donors (Lipinski definition) is 4. The van der Waals surface area contributed by atoms with Crippen molar-refractivity contribution in [1.82, 2.24) is 0 Å². The lowest BCUT2D eigenvalue weighted by Crippen LogP contribution is -2.60. The summed E-state index contributed by atoms with van der Waals surface area (Å²) in [5.74, 6) is -2.01. The first-order valence-corrected chi connectivity index (χ1v) is 24.7. The van der Waals surface area contributed by atoms with Crippen LogP contribution in [0.2, 0.25) is 0 Å². The van der Waals surface area contributed by atoms with Crippen LogP contribution in [0, 0.1) is 0 Å². The molecule has 12 nitrogen and oxygen atoms in total. The van der Waals surface area contributed by atoms with Crippen molar-refractivity contribution < 1.29 is 56.8 Å². The number of aliphatic hydroxyl groups is 3. The molecule has 1 heterocycles. The summed E-state index contributed by atoms with van der Waals surface area (Å²) in [6.45, 7) is 3.71. The van der Waals surface area contributed by atoms with Gasteiger partial charge in [0.25, 0.3) is 10.1 Å². The first kappa shape index (κ1) is 54.9. The second-order valence-corrected chi connectivity index (χ2v) is 17.6. The van der Waals surface area contributed by atoms with E-state index in [1.807, 2.05) is 0 Å². The molecule has 1 aliphatic rings. The largest absolute Gasteiger partial charge is 0.462 e. The molecule has 0 aromatic rings. The van der Waals surface area contributed by atoms with E-state index in [0.29, 0.717) is 12.8 Å². The predicted molar refractivity (Wildman–Crippen MR) is 233 cm³/mol. The molecule has 1 aliphatic heterocycles. The van der Waals surface area contributed by atoms with Gasteiger partial charge in [0.2, 0.25) is 0 Å². The molecule has 0 aromatic heterocycles. The monoisotopic (exact) mass is 859 g/mol. The van der Waals surface area contributed by atoms with Gasteiger partial charge in [-0.05, 0) is 70.6 Å². The van der Waals surface area contributed by atoms with Crippen molar-refractivity contribution in [2.75, 3.05) is 19.0 Å². The number of esters is 2. The molecule has 0 amide bonds. The zero-order valence-electron chi connectivity index (χ0n) is 36.6. The Bertz CT molecular complexity index is 1240. The van der Waals surface area contributed by atoms with Crippen molar-refractivity contribution in [2.45, 2.75) is 224 Å². The van der Waals surface area contributed by atoms with E-state index in [4.69, 9.17) is 18.9 Å². The fourth-order valence-corrected chi connectivity index (χ4v) is 7.51. The molecule has 4 N–H and O–H groups in total. The second kappa shape index (κ2) is 36.5. The molecule has 0 aliphatic carbocycles. The van der Waals surface area contributed by atoms with E-state index in [9.17, 15) is 37.9 Å². The minimum atomic E-state index is -4.60. The highest BCUT2D eigenvalue weighted by molar-refractivity contribution is 7.85. The third-order valence-electron chi connectivity index (χ3n) is 10.4. The Kier molecular flexibility index (Phi) is 34.0. The Morgan fingerprint density at radius 2 is 1.02 bits per heavy atom. The Morgan fingerprint density at radius 1 is 0.576 bits per heavy atom. The van der Waals surface area contributed by atoms with Crippen molar-refractivity contribution in [1.29, 1.82) is 0 Å². The van der Waals surface area contributed by atoms with Gasteiger partial charge in [-0.15, -0.1) is 0 Å². The molecule has 1 fully saturated rings. The first-order chi connectivity index (χ1) is 28.5. The van der Waals surface area contributed by atoms with Gasteiger partial charge in [-0.3, -0.25) is 14.1 Å². The lowest BCUT2D eigenvalue weighted by molar-refractivity contribution is -0.297. The smallest absolute Gasteiger partial charge is 0.306 e. The molecule has 6 atom stereocenters. The quantitative estimate of drug-likeness (QED) is 0.0200. The Labute approximate surface area is 357 Å².